The van der Waals surface area contributed by atoms with E-state index in [2.05, 4.69) is 30.3 Å². The Morgan fingerprint density at radius 3 is 1.41 bits per heavy atom. The highest BCUT2D eigenvalue weighted by Gasteiger charge is 2.25. The van der Waals surface area contributed by atoms with Gasteiger partial charge in [0.25, 0.3) is 0 Å². The van der Waals surface area contributed by atoms with Gasteiger partial charge in [0.15, 0.2) is 0 Å². The van der Waals surface area contributed by atoms with Crippen molar-refractivity contribution in [1.82, 2.24) is 0 Å². The summed E-state index contributed by atoms with van der Waals surface area (Å²) in [5.74, 6) is 0. The Bertz CT molecular complexity index is 2860. The Morgan fingerprint density at radius 2 is 0.804 bits per heavy atom. The van der Waals surface area contributed by atoms with Gasteiger partial charge in [0, 0.05) is 10.8 Å². The maximum atomic E-state index is 6.94. The average Bonchev–Trinajstić information content (AvgIpc) is 3.55. The minimum Gasteiger partial charge on any atom is -0.456 e. The summed E-state index contributed by atoms with van der Waals surface area (Å²) in [4.78, 5) is 0. The molecule has 16 radical (unpaired) electrons. The van der Waals surface area contributed by atoms with E-state index in [0.29, 0.717) is 32.7 Å². The van der Waals surface area contributed by atoms with Crippen molar-refractivity contribution in [2.75, 3.05) is 0 Å². The van der Waals surface area contributed by atoms with Gasteiger partial charge in [0.05, 0.1) is 0 Å². The summed E-state index contributed by atoms with van der Waals surface area (Å²) in [5, 5.41) is 6.51. The maximum absolute atomic E-state index is 6.94. The van der Waals surface area contributed by atoms with Crippen LogP contribution in [0.5, 0.6) is 0 Å². The first-order chi connectivity index (χ1) is 24.7. The summed E-state index contributed by atoms with van der Waals surface area (Å²) < 4.78 is 6.17. The molecule has 0 aliphatic heterocycles. The fraction of sp³-hybridized carbons (Fsp3) is 0. The first-order valence-corrected chi connectivity index (χ1v) is 16.4. The smallest absolute Gasteiger partial charge is 0.136 e. The molecule has 9 heteroatoms. The van der Waals surface area contributed by atoms with Gasteiger partial charge in [-0.2, -0.15) is 0 Å². The second-order valence-corrected chi connectivity index (χ2v) is 13.0. The van der Waals surface area contributed by atoms with E-state index in [9.17, 15) is 0 Å². The van der Waals surface area contributed by atoms with Crippen LogP contribution in [-0.4, -0.2) is 62.8 Å². The van der Waals surface area contributed by atoms with Crippen LogP contribution in [0.2, 0.25) is 0 Å². The molecule has 0 bridgehead atoms. The van der Waals surface area contributed by atoms with Gasteiger partial charge in [-0.25, -0.2) is 0 Å². The summed E-state index contributed by atoms with van der Waals surface area (Å²) >= 11 is 0. The molecule has 216 valence electrons. The number of hydrogen-bond donors (Lipinski definition) is 0. The zero-order valence-electron chi connectivity index (χ0n) is 27.4. The van der Waals surface area contributed by atoms with Crippen molar-refractivity contribution in [1.29, 1.82) is 0 Å². The molecule has 0 saturated heterocycles. The fourth-order valence-corrected chi connectivity index (χ4v) is 7.70. The van der Waals surface area contributed by atoms with Gasteiger partial charge >= 0.3 is 0 Å². The minimum absolute atomic E-state index is 0.176. The minimum atomic E-state index is 0.176. The molecular weight excluding hydrogens is 607 g/mol. The van der Waals surface area contributed by atoms with Gasteiger partial charge in [-0.3, -0.25) is 0 Å². The summed E-state index contributed by atoms with van der Waals surface area (Å²) in [6.07, 6.45) is 0. The number of rotatable bonds is 3. The molecule has 0 aliphatic carbocycles. The highest BCUT2D eigenvalue weighted by molar-refractivity contribution is 6.71. The van der Waals surface area contributed by atoms with E-state index < -0.39 is 0 Å². The molecule has 0 spiro atoms. The van der Waals surface area contributed by atoms with Crippen LogP contribution in [0.25, 0.3) is 87.6 Å². The number of para-hydroxylation sites is 1. The lowest BCUT2D eigenvalue weighted by atomic mass is 9.59. The number of benzene rings is 8. The van der Waals surface area contributed by atoms with E-state index in [0.717, 1.165) is 55.0 Å². The van der Waals surface area contributed by atoms with Gasteiger partial charge < -0.3 is 4.42 Å². The van der Waals surface area contributed by atoms with Crippen LogP contribution in [0.3, 0.4) is 0 Å². The van der Waals surface area contributed by atoms with Crippen LogP contribution in [0.1, 0.15) is 0 Å². The Hall–Kier alpha value is -5.14. The molecule has 9 rings (SSSR count). The molecule has 1 heterocycles. The SMILES string of the molecule is [B]c1c([B])c([B])c2c(-c3ccc4ccccc4c3)c3c([B])c([B])c([B])c([B])c3c(-c3ccc(-c4cccc5oc6ccccc6c45)cc3)c2c1[B]. The van der Waals surface area contributed by atoms with Crippen LogP contribution in [0.15, 0.2) is 114 Å². The molecule has 51 heavy (non-hydrogen) atoms. The lowest BCUT2D eigenvalue weighted by molar-refractivity contribution is 0.669. The van der Waals surface area contributed by atoms with Crippen LogP contribution in [0.4, 0.5) is 0 Å². The third kappa shape index (κ3) is 4.60. The van der Waals surface area contributed by atoms with Crippen molar-refractivity contribution in [3.05, 3.63) is 109 Å². The van der Waals surface area contributed by atoms with E-state index in [1.807, 2.05) is 78.9 Å². The van der Waals surface area contributed by atoms with E-state index >= 15 is 0 Å². The topological polar surface area (TPSA) is 13.1 Å². The predicted molar refractivity (Wildman–Crippen MR) is 226 cm³/mol. The van der Waals surface area contributed by atoms with Gasteiger partial charge in [0.1, 0.15) is 73.9 Å². The molecule has 1 nitrogen and oxygen atoms in total. The Labute approximate surface area is 306 Å². The fourth-order valence-electron chi connectivity index (χ4n) is 7.70. The van der Waals surface area contributed by atoms with Crippen molar-refractivity contribution < 1.29 is 4.42 Å². The van der Waals surface area contributed by atoms with Crippen molar-refractivity contribution in [2.45, 2.75) is 0 Å². The van der Waals surface area contributed by atoms with Crippen molar-refractivity contribution in [2.24, 2.45) is 0 Å². The Kier molecular flexibility index (Phi) is 7.30. The number of fused-ring (bicyclic) bond motifs is 6. The highest BCUT2D eigenvalue weighted by Crippen LogP contribution is 2.42. The zero-order chi connectivity index (χ0) is 35.3. The highest BCUT2D eigenvalue weighted by atomic mass is 16.3. The van der Waals surface area contributed by atoms with Crippen LogP contribution in [0, 0.1) is 0 Å². The van der Waals surface area contributed by atoms with E-state index in [4.69, 9.17) is 67.2 Å². The molecular formula is C42H18B8O. The van der Waals surface area contributed by atoms with Crippen molar-refractivity contribution in [3.63, 3.8) is 0 Å². The summed E-state index contributed by atoms with van der Waals surface area (Å²) in [6, 6.07) is 36.4. The first-order valence-electron chi connectivity index (χ1n) is 16.4. The largest absolute Gasteiger partial charge is 0.456 e. The molecule has 0 aliphatic rings. The second-order valence-electron chi connectivity index (χ2n) is 13.0. The Balaban J connectivity index is 1.41. The van der Waals surface area contributed by atoms with Gasteiger partial charge in [0.2, 0.25) is 0 Å². The lowest BCUT2D eigenvalue weighted by Crippen LogP contribution is -2.50. The average molecular weight is 625 g/mol. The van der Waals surface area contributed by atoms with E-state index in [1.54, 1.807) is 0 Å². The lowest BCUT2D eigenvalue weighted by Gasteiger charge is -2.28. The Morgan fingerprint density at radius 1 is 0.333 bits per heavy atom. The molecule has 0 N–H and O–H groups in total. The number of hydrogen-bond acceptors (Lipinski definition) is 1. The molecule has 0 fully saturated rings. The third-order valence-corrected chi connectivity index (χ3v) is 10.2. The molecule has 0 saturated carbocycles. The van der Waals surface area contributed by atoms with Crippen molar-refractivity contribution in [3.8, 4) is 33.4 Å². The first kappa shape index (κ1) is 31.8. The molecule has 0 unspecified atom stereocenters. The monoisotopic (exact) mass is 626 g/mol. The van der Waals surface area contributed by atoms with Crippen molar-refractivity contribution >= 4 is 161 Å². The van der Waals surface area contributed by atoms with Gasteiger partial charge in [-0.15, -0.1) is 21.9 Å². The van der Waals surface area contributed by atoms with E-state index in [-0.39, 0.29) is 43.7 Å². The van der Waals surface area contributed by atoms with Gasteiger partial charge in [-0.1, -0.05) is 113 Å². The quantitative estimate of drug-likeness (QED) is 0.218. The standard InChI is InChI=1S/C42H18B8O/c43-35-31-28(21-15-13-20(14-16-21)24-9-5-11-27-30(24)25-8-3-4-10-26(25)51-27)32-34(38(46)42(50)40(48)36(32)44)29(33(31)37(45)41(49)39(35)47)23-17-12-19-6-1-2-7-22(19)18-23/h1-18H. The molecule has 8 aromatic carbocycles. The molecule has 9 aromatic rings. The van der Waals surface area contributed by atoms with Crippen LogP contribution >= 0.6 is 0 Å². The zero-order valence-corrected chi connectivity index (χ0v) is 27.4. The second kappa shape index (κ2) is 11.7. The summed E-state index contributed by atoms with van der Waals surface area (Å²) in [7, 11) is 54.0. The summed E-state index contributed by atoms with van der Waals surface area (Å²) in [6.45, 7) is 0. The predicted octanol–water partition coefficient (Wildman–Crippen LogP) is 2.40. The van der Waals surface area contributed by atoms with Crippen LogP contribution in [-0.2, 0) is 0 Å². The normalized spacial score (nSPS) is 11.8. The maximum Gasteiger partial charge on any atom is 0.136 e. The molecule has 0 amide bonds. The molecule has 0 atom stereocenters. The van der Waals surface area contributed by atoms with Crippen LogP contribution < -0.4 is 43.7 Å². The van der Waals surface area contributed by atoms with E-state index in [1.165, 1.54) is 0 Å². The molecule has 1 aromatic heterocycles. The summed E-state index contributed by atoms with van der Waals surface area (Å²) in [5.41, 5.74) is 8.39. The van der Waals surface area contributed by atoms with Gasteiger partial charge in [-0.05, 0) is 83.9 Å². The number of furan rings is 1. The third-order valence-electron chi connectivity index (χ3n) is 10.2.